The Morgan fingerprint density at radius 1 is 1.03 bits per heavy atom. The zero-order valence-electron chi connectivity index (χ0n) is 23.1. The molecule has 3 aromatic carbocycles. The number of halogens is 3. The Kier molecular flexibility index (Phi) is 9.67. The molecule has 5 nitrogen and oxygen atoms in total. The lowest BCUT2D eigenvalue weighted by Crippen LogP contribution is -2.26. The van der Waals surface area contributed by atoms with E-state index in [2.05, 4.69) is 25.7 Å². The summed E-state index contributed by atoms with van der Waals surface area (Å²) >= 11 is 0. The van der Waals surface area contributed by atoms with Gasteiger partial charge in [-0.1, -0.05) is 38.6 Å². The van der Waals surface area contributed by atoms with Crippen molar-refractivity contribution in [3.05, 3.63) is 107 Å². The molecule has 0 spiro atoms. The Balaban J connectivity index is 1.97. The molecular weight excluding hydrogens is 503 g/mol. The molecule has 208 valence electrons. The molecule has 1 amide bonds. The molecule has 0 aliphatic carbocycles. The summed E-state index contributed by atoms with van der Waals surface area (Å²) in [6.45, 7) is 10.0. The van der Waals surface area contributed by atoms with E-state index in [1.807, 2.05) is 49.0 Å². The first-order valence-electron chi connectivity index (χ1n) is 12.9. The van der Waals surface area contributed by atoms with E-state index in [1.54, 1.807) is 24.4 Å². The van der Waals surface area contributed by atoms with Gasteiger partial charge in [0, 0.05) is 61.7 Å². The number of carbonyl (C=O) groups excluding carboxylic acids is 1. The van der Waals surface area contributed by atoms with E-state index in [0.717, 1.165) is 28.8 Å². The van der Waals surface area contributed by atoms with Gasteiger partial charge in [0.25, 0.3) is 5.91 Å². The summed E-state index contributed by atoms with van der Waals surface area (Å²) < 4.78 is 41.4. The summed E-state index contributed by atoms with van der Waals surface area (Å²) in [5.74, 6) is -3.24. The van der Waals surface area contributed by atoms with Gasteiger partial charge in [-0.15, -0.1) is 0 Å². The highest BCUT2D eigenvalue weighted by Crippen LogP contribution is 2.35. The van der Waals surface area contributed by atoms with Crippen LogP contribution in [-0.4, -0.2) is 30.0 Å². The number of hydrogen-bond acceptors (Lipinski definition) is 4. The Bertz CT molecular complexity index is 1320. The molecule has 39 heavy (non-hydrogen) atoms. The zero-order chi connectivity index (χ0) is 28.9. The SMILES string of the molecule is C=CN(C)C(C)c1ccc(C(=O)NCc2c(F)cc(F)cc2F)cc1N(C)Cc1c(O)cccc1C(C)CC. The fourth-order valence-electron chi connectivity index (χ4n) is 4.53. The molecule has 8 heteroatoms. The van der Waals surface area contributed by atoms with Gasteiger partial charge in [0.05, 0.1) is 6.04 Å². The van der Waals surface area contributed by atoms with Gasteiger partial charge < -0.3 is 20.2 Å². The van der Waals surface area contributed by atoms with Crippen molar-refractivity contribution in [1.29, 1.82) is 0 Å². The molecule has 2 atom stereocenters. The molecular formula is C31H36F3N3O2. The average molecular weight is 540 g/mol. The third-order valence-electron chi connectivity index (χ3n) is 7.31. The molecule has 0 aliphatic heterocycles. The number of amides is 1. The molecule has 0 saturated heterocycles. The molecule has 2 unspecified atom stereocenters. The van der Waals surface area contributed by atoms with Crippen LogP contribution in [0.3, 0.4) is 0 Å². The van der Waals surface area contributed by atoms with E-state index >= 15 is 0 Å². The lowest BCUT2D eigenvalue weighted by Gasteiger charge is -2.31. The third-order valence-corrected chi connectivity index (χ3v) is 7.31. The minimum Gasteiger partial charge on any atom is -0.508 e. The zero-order valence-corrected chi connectivity index (χ0v) is 23.1. The van der Waals surface area contributed by atoms with E-state index in [4.69, 9.17) is 0 Å². The lowest BCUT2D eigenvalue weighted by molar-refractivity contribution is 0.0950. The maximum Gasteiger partial charge on any atom is 0.251 e. The number of carbonyl (C=O) groups is 1. The monoisotopic (exact) mass is 539 g/mol. The number of rotatable bonds is 11. The van der Waals surface area contributed by atoms with E-state index in [0.29, 0.717) is 18.7 Å². The number of aromatic hydroxyl groups is 1. The summed E-state index contributed by atoms with van der Waals surface area (Å²) in [6.07, 6.45) is 2.63. The molecule has 0 saturated carbocycles. The predicted molar refractivity (Wildman–Crippen MR) is 149 cm³/mol. The van der Waals surface area contributed by atoms with Crippen molar-refractivity contribution in [3.63, 3.8) is 0 Å². The van der Waals surface area contributed by atoms with Gasteiger partial charge in [-0.2, -0.15) is 0 Å². The van der Waals surface area contributed by atoms with E-state index in [1.165, 1.54) is 0 Å². The Morgan fingerprint density at radius 3 is 2.31 bits per heavy atom. The van der Waals surface area contributed by atoms with Crippen LogP contribution in [0.2, 0.25) is 0 Å². The van der Waals surface area contributed by atoms with Gasteiger partial charge in [-0.25, -0.2) is 13.2 Å². The fraction of sp³-hybridized carbons (Fsp3) is 0.323. The van der Waals surface area contributed by atoms with Gasteiger partial charge in [-0.05, 0) is 54.8 Å². The quantitative estimate of drug-likeness (QED) is 0.275. The topological polar surface area (TPSA) is 55.8 Å². The van der Waals surface area contributed by atoms with Crippen LogP contribution in [0.1, 0.15) is 71.8 Å². The Labute approximate surface area is 228 Å². The number of anilines is 1. The highest BCUT2D eigenvalue weighted by atomic mass is 19.1. The highest BCUT2D eigenvalue weighted by Gasteiger charge is 2.21. The third kappa shape index (κ3) is 6.74. The van der Waals surface area contributed by atoms with Crippen molar-refractivity contribution in [2.75, 3.05) is 19.0 Å². The van der Waals surface area contributed by atoms with E-state index < -0.39 is 35.5 Å². The summed E-state index contributed by atoms with van der Waals surface area (Å²) in [5, 5.41) is 13.3. The van der Waals surface area contributed by atoms with Crippen molar-refractivity contribution < 1.29 is 23.1 Å². The molecule has 3 rings (SSSR count). The first-order chi connectivity index (χ1) is 18.5. The van der Waals surface area contributed by atoms with Crippen molar-refractivity contribution in [3.8, 4) is 5.75 Å². The van der Waals surface area contributed by atoms with Crippen LogP contribution in [0.5, 0.6) is 5.75 Å². The predicted octanol–water partition coefficient (Wildman–Crippen LogP) is 7.03. The van der Waals surface area contributed by atoms with Crippen LogP contribution in [0.25, 0.3) is 0 Å². The Morgan fingerprint density at radius 2 is 1.69 bits per heavy atom. The van der Waals surface area contributed by atoms with Crippen LogP contribution in [0, 0.1) is 17.5 Å². The van der Waals surface area contributed by atoms with Crippen molar-refractivity contribution in [1.82, 2.24) is 10.2 Å². The summed E-state index contributed by atoms with van der Waals surface area (Å²) in [5.41, 5.74) is 3.41. The van der Waals surface area contributed by atoms with Crippen LogP contribution >= 0.6 is 0 Å². The van der Waals surface area contributed by atoms with Crippen molar-refractivity contribution >= 4 is 11.6 Å². The minimum absolute atomic E-state index is 0.0853. The molecule has 0 bridgehead atoms. The number of hydrogen-bond donors (Lipinski definition) is 2. The maximum atomic E-state index is 14.1. The van der Waals surface area contributed by atoms with E-state index in [9.17, 15) is 23.1 Å². The summed E-state index contributed by atoms with van der Waals surface area (Å²) in [7, 11) is 3.79. The molecule has 0 fully saturated rings. The second-order valence-electron chi connectivity index (χ2n) is 9.84. The normalized spacial score (nSPS) is 12.5. The van der Waals surface area contributed by atoms with Gasteiger partial charge >= 0.3 is 0 Å². The molecule has 2 N–H and O–H groups in total. The van der Waals surface area contributed by atoms with Crippen molar-refractivity contribution in [2.24, 2.45) is 0 Å². The summed E-state index contributed by atoms with van der Waals surface area (Å²) in [6, 6.07) is 11.8. The van der Waals surface area contributed by atoms with E-state index in [-0.39, 0.29) is 23.3 Å². The molecule has 0 aliphatic rings. The summed E-state index contributed by atoms with van der Waals surface area (Å²) in [4.78, 5) is 16.9. The minimum atomic E-state index is -1.07. The number of nitrogens with zero attached hydrogens (tertiary/aromatic N) is 2. The maximum absolute atomic E-state index is 14.1. The fourth-order valence-corrected chi connectivity index (χ4v) is 4.53. The first kappa shape index (κ1) is 29.6. The molecule has 3 aromatic rings. The number of benzene rings is 3. The first-order valence-corrected chi connectivity index (χ1v) is 12.9. The van der Waals surface area contributed by atoms with Crippen LogP contribution in [0.4, 0.5) is 18.9 Å². The highest BCUT2D eigenvalue weighted by molar-refractivity contribution is 5.95. The van der Waals surface area contributed by atoms with Gasteiger partial charge in [0.2, 0.25) is 0 Å². The smallest absolute Gasteiger partial charge is 0.251 e. The lowest BCUT2D eigenvalue weighted by atomic mass is 9.92. The number of phenols is 1. The number of nitrogens with one attached hydrogen (secondary N) is 1. The Hall–Kier alpha value is -3.94. The largest absolute Gasteiger partial charge is 0.508 e. The molecule has 0 heterocycles. The average Bonchev–Trinajstić information content (AvgIpc) is 2.91. The molecule has 0 radical (unpaired) electrons. The molecule has 0 aromatic heterocycles. The number of phenolic OH excluding ortho intramolecular Hbond substituents is 1. The van der Waals surface area contributed by atoms with Gasteiger partial charge in [0.15, 0.2) is 0 Å². The second kappa shape index (κ2) is 12.7. The van der Waals surface area contributed by atoms with Crippen molar-refractivity contribution in [2.45, 2.75) is 52.2 Å². The second-order valence-corrected chi connectivity index (χ2v) is 9.84. The van der Waals surface area contributed by atoms with Crippen LogP contribution in [-0.2, 0) is 13.1 Å². The standard InChI is InChI=1S/C31H36F3N3O2/c1-7-19(3)23-10-9-11-30(38)26(23)18-37(6)29-14-21(12-13-24(29)20(4)36(5)8-2)31(39)35-17-25-27(33)15-22(32)16-28(25)34/h8-16,19-20,38H,2,7,17-18H2,1,3-6H3,(H,35,39). The van der Waals surface area contributed by atoms with Crippen LogP contribution in [0.15, 0.2) is 61.3 Å². The van der Waals surface area contributed by atoms with Crippen LogP contribution < -0.4 is 10.2 Å². The van der Waals surface area contributed by atoms with Gasteiger partial charge in [0.1, 0.15) is 23.2 Å². The van der Waals surface area contributed by atoms with Gasteiger partial charge in [-0.3, -0.25) is 4.79 Å².